The van der Waals surface area contributed by atoms with Crippen LogP contribution in [0.5, 0.6) is 0 Å². The molecule has 1 fully saturated rings. The number of rotatable bonds is 0. The monoisotopic (exact) mass is 116 g/mol. The van der Waals surface area contributed by atoms with Crippen LogP contribution in [0.2, 0.25) is 13.1 Å². The first-order valence-corrected chi connectivity index (χ1v) is 6.24. The van der Waals surface area contributed by atoms with Crippen LogP contribution in [-0.4, -0.2) is 9.52 Å². The molecule has 0 N–H and O–H groups in total. The molecule has 0 radical (unpaired) electrons. The van der Waals surface area contributed by atoms with Crippen molar-refractivity contribution in [3.05, 3.63) is 0 Å². The van der Waals surface area contributed by atoms with E-state index in [1.54, 1.807) is 0 Å². The highest BCUT2D eigenvalue weighted by Gasteiger charge is 1.95. The van der Waals surface area contributed by atoms with Crippen molar-refractivity contribution >= 4 is 9.52 Å². The Morgan fingerprint density at radius 3 is 1.00 bits per heavy atom. The third-order valence-electron chi connectivity index (χ3n) is 1.000. The smallest absolute Gasteiger partial charge is 0.0135 e. The fourth-order valence-corrected chi connectivity index (χ4v) is 0.250. The molecule has 0 saturated heterocycles. The molecule has 1 saturated carbocycles. The summed E-state index contributed by atoms with van der Waals surface area (Å²) in [6.45, 7) is 4.53. The highest BCUT2D eigenvalue weighted by atomic mass is 28.2. The highest BCUT2D eigenvalue weighted by Crippen LogP contribution is 2.15. The summed E-state index contributed by atoms with van der Waals surface area (Å²) in [5, 5.41) is 0. The van der Waals surface area contributed by atoms with Crippen molar-refractivity contribution in [3.8, 4) is 0 Å². The summed E-state index contributed by atoms with van der Waals surface area (Å²) in [5.74, 6) is 0. The van der Waals surface area contributed by atoms with E-state index in [9.17, 15) is 0 Å². The minimum absolute atomic E-state index is 0.417. The molecule has 0 bridgehead atoms. The van der Waals surface area contributed by atoms with Crippen molar-refractivity contribution in [3.63, 3.8) is 0 Å². The molecule has 1 aliphatic rings. The summed E-state index contributed by atoms with van der Waals surface area (Å²) >= 11 is 0. The lowest BCUT2D eigenvalue weighted by molar-refractivity contribution is 0.504. The van der Waals surface area contributed by atoms with E-state index < -0.39 is 0 Å². The lowest BCUT2D eigenvalue weighted by Gasteiger charge is -2.05. The molecule has 1 rings (SSSR count). The quantitative estimate of drug-likeness (QED) is 0.423. The summed E-state index contributed by atoms with van der Waals surface area (Å²) in [7, 11) is 0.417. The van der Waals surface area contributed by atoms with Crippen LogP contribution in [0.4, 0.5) is 0 Å². The van der Waals surface area contributed by atoms with Gasteiger partial charge >= 0.3 is 0 Å². The summed E-state index contributed by atoms with van der Waals surface area (Å²) in [6, 6.07) is 0. The maximum Gasteiger partial charge on any atom is 0.0135 e. The molecule has 1 aliphatic carbocycles. The normalized spacial score (nSPS) is 16.3. The predicted octanol–water partition coefficient (Wildman–Crippen LogP) is 1.81. The van der Waals surface area contributed by atoms with E-state index in [0.717, 1.165) is 0 Å². The molecule has 0 heterocycles. The second-order valence-electron chi connectivity index (χ2n) is 2.12. The van der Waals surface area contributed by atoms with Gasteiger partial charge in [0.05, 0.1) is 0 Å². The van der Waals surface area contributed by atoms with Crippen molar-refractivity contribution in [2.24, 2.45) is 0 Å². The van der Waals surface area contributed by atoms with Gasteiger partial charge < -0.3 is 0 Å². The van der Waals surface area contributed by atoms with Gasteiger partial charge in [-0.3, -0.25) is 0 Å². The van der Waals surface area contributed by atoms with E-state index in [1.807, 2.05) is 0 Å². The van der Waals surface area contributed by atoms with Crippen LogP contribution in [0.3, 0.4) is 0 Å². The molecule has 0 aromatic heterocycles. The van der Waals surface area contributed by atoms with Crippen molar-refractivity contribution in [2.75, 3.05) is 0 Å². The highest BCUT2D eigenvalue weighted by molar-refractivity contribution is 6.31. The van der Waals surface area contributed by atoms with E-state index in [2.05, 4.69) is 13.1 Å². The van der Waals surface area contributed by atoms with Crippen molar-refractivity contribution in [2.45, 2.75) is 38.8 Å². The Labute approximate surface area is 49.1 Å². The molecule has 7 heavy (non-hydrogen) atoms. The molecular weight excluding hydrogens is 100 g/mol. The molecule has 0 spiro atoms. The van der Waals surface area contributed by atoms with E-state index in [4.69, 9.17) is 0 Å². The lowest BCUT2D eigenvalue weighted by atomic mass is 10.0. The number of hydrogen-bond acceptors (Lipinski definition) is 0. The fourth-order valence-electron chi connectivity index (χ4n) is 0.250. The van der Waals surface area contributed by atoms with Gasteiger partial charge in [0.15, 0.2) is 0 Å². The third-order valence-corrected chi connectivity index (χ3v) is 1.000. The summed E-state index contributed by atoms with van der Waals surface area (Å²) in [5.41, 5.74) is 0. The van der Waals surface area contributed by atoms with Crippen molar-refractivity contribution in [1.29, 1.82) is 0 Å². The van der Waals surface area contributed by atoms with Gasteiger partial charge in [-0.05, 0) is 0 Å². The summed E-state index contributed by atoms with van der Waals surface area (Å²) in [4.78, 5) is 0. The van der Waals surface area contributed by atoms with Gasteiger partial charge in [-0.25, -0.2) is 0 Å². The van der Waals surface area contributed by atoms with Crippen molar-refractivity contribution in [1.82, 2.24) is 0 Å². The van der Waals surface area contributed by atoms with Crippen LogP contribution in [-0.2, 0) is 0 Å². The standard InChI is InChI=1S/C4H8.C2H8Si/c1-2-4-3-1;1-3-2/h1-4H2;3H2,1-2H3. The van der Waals surface area contributed by atoms with Gasteiger partial charge in [-0.2, -0.15) is 0 Å². The zero-order chi connectivity index (χ0) is 5.54. The van der Waals surface area contributed by atoms with Crippen LogP contribution in [0.1, 0.15) is 25.7 Å². The van der Waals surface area contributed by atoms with Crippen LogP contribution < -0.4 is 0 Å². The zero-order valence-corrected chi connectivity index (χ0v) is 6.95. The molecular formula is C6H16Si. The molecule has 0 aromatic carbocycles. The number of hydrogen-bond donors (Lipinski definition) is 0. The third kappa shape index (κ3) is 6.22. The first-order valence-electron chi connectivity index (χ1n) is 3.41. The zero-order valence-electron chi connectivity index (χ0n) is 5.54. The minimum Gasteiger partial charge on any atom is -0.0750 e. The average Bonchev–Trinajstić information content (AvgIpc) is 1.27. The van der Waals surface area contributed by atoms with E-state index in [1.165, 1.54) is 25.7 Å². The van der Waals surface area contributed by atoms with Crippen LogP contribution in [0.15, 0.2) is 0 Å². The van der Waals surface area contributed by atoms with E-state index in [0.29, 0.717) is 9.52 Å². The van der Waals surface area contributed by atoms with Gasteiger partial charge in [0.25, 0.3) is 0 Å². The molecule has 44 valence electrons. The van der Waals surface area contributed by atoms with Crippen LogP contribution >= 0.6 is 0 Å². The molecule has 1 heteroatoms. The molecule has 0 amide bonds. The van der Waals surface area contributed by atoms with E-state index >= 15 is 0 Å². The Morgan fingerprint density at radius 2 is 1.00 bits per heavy atom. The Hall–Kier alpha value is 0.217. The minimum atomic E-state index is 0.417. The molecule has 0 aromatic rings. The maximum atomic E-state index is 2.26. The lowest BCUT2D eigenvalue weighted by Crippen LogP contribution is -1.85. The van der Waals surface area contributed by atoms with E-state index in [-0.39, 0.29) is 0 Å². The molecule has 0 nitrogen and oxygen atoms in total. The molecule has 0 unspecified atom stereocenters. The van der Waals surface area contributed by atoms with Gasteiger partial charge in [-0.1, -0.05) is 38.8 Å². The Kier molecular flexibility index (Phi) is 6.41. The average molecular weight is 116 g/mol. The SMILES string of the molecule is C1CCC1.C[SiH2]C. The van der Waals surface area contributed by atoms with Crippen molar-refractivity contribution < 1.29 is 0 Å². The van der Waals surface area contributed by atoms with Gasteiger partial charge in [-0.15, -0.1) is 0 Å². The Morgan fingerprint density at radius 1 is 0.857 bits per heavy atom. The Balaban J connectivity index is 0.000000110. The fraction of sp³-hybridized carbons (Fsp3) is 1.00. The first kappa shape index (κ1) is 7.22. The van der Waals surface area contributed by atoms with Gasteiger partial charge in [0.2, 0.25) is 0 Å². The predicted molar refractivity (Wildman–Crippen MR) is 38.7 cm³/mol. The van der Waals surface area contributed by atoms with Crippen LogP contribution in [0, 0.1) is 0 Å². The topological polar surface area (TPSA) is 0 Å². The second kappa shape index (κ2) is 6.22. The summed E-state index contributed by atoms with van der Waals surface area (Å²) < 4.78 is 0. The molecule has 0 aliphatic heterocycles. The van der Waals surface area contributed by atoms with Gasteiger partial charge in [0.1, 0.15) is 0 Å². The second-order valence-corrected chi connectivity index (χ2v) is 3.54. The van der Waals surface area contributed by atoms with Gasteiger partial charge in [0, 0.05) is 9.52 Å². The summed E-state index contributed by atoms with van der Waals surface area (Å²) in [6.07, 6.45) is 6.00. The largest absolute Gasteiger partial charge is 0.0750 e. The molecule has 0 atom stereocenters. The maximum absolute atomic E-state index is 2.26. The first-order chi connectivity index (χ1) is 3.41. The van der Waals surface area contributed by atoms with Crippen LogP contribution in [0.25, 0.3) is 0 Å². The Bertz CT molecular complexity index is 19.4.